The second-order valence-electron chi connectivity index (χ2n) is 3.20. The first-order valence-corrected chi connectivity index (χ1v) is 6.14. The molecule has 2 rings (SSSR count). The van der Waals surface area contributed by atoms with Crippen LogP contribution in [0.4, 0.5) is 0 Å². The molecule has 2 atom stereocenters. The molecular weight excluding hydrogens is 257 g/mol. The van der Waals surface area contributed by atoms with Gasteiger partial charge in [0, 0.05) is 11.9 Å². The number of nitrogens with zero attached hydrogens (tertiary/aromatic N) is 3. The Balaban J connectivity index is 2.12. The molecule has 1 aromatic rings. The van der Waals surface area contributed by atoms with Crippen LogP contribution in [0.15, 0.2) is 5.03 Å². The Morgan fingerprint density at radius 1 is 1.40 bits per heavy atom. The predicted molar refractivity (Wildman–Crippen MR) is 59.5 cm³/mol. The highest BCUT2D eigenvalue weighted by Gasteiger charge is 2.26. The highest BCUT2D eigenvalue weighted by molar-refractivity contribution is 8.00. The Morgan fingerprint density at radius 2 is 2.20 bits per heavy atom. The number of ether oxygens (including phenoxy) is 1. The molecule has 82 valence electrons. The molecule has 0 spiro atoms. The fourth-order valence-electron chi connectivity index (χ4n) is 1.37. The van der Waals surface area contributed by atoms with Crippen molar-refractivity contribution in [1.82, 2.24) is 15.2 Å². The van der Waals surface area contributed by atoms with Crippen molar-refractivity contribution < 1.29 is 4.74 Å². The average Bonchev–Trinajstić information content (AvgIpc) is 2.58. The Morgan fingerprint density at radius 3 is 2.87 bits per heavy atom. The van der Waals surface area contributed by atoms with Crippen molar-refractivity contribution in [3.63, 3.8) is 0 Å². The summed E-state index contributed by atoms with van der Waals surface area (Å²) in [6.45, 7) is 2.82. The summed E-state index contributed by atoms with van der Waals surface area (Å²) in [5.41, 5.74) is 0. The van der Waals surface area contributed by atoms with Gasteiger partial charge in [0.1, 0.15) is 5.03 Å². The van der Waals surface area contributed by atoms with Gasteiger partial charge in [-0.25, -0.2) is 4.98 Å². The van der Waals surface area contributed by atoms with E-state index in [1.807, 2.05) is 6.92 Å². The molecule has 0 aromatic carbocycles. The van der Waals surface area contributed by atoms with E-state index < -0.39 is 0 Å². The molecule has 7 heteroatoms. The third kappa shape index (κ3) is 2.72. The van der Waals surface area contributed by atoms with E-state index in [2.05, 4.69) is 15.2 Å². The summed E-state index contributed by atoms with van der Waals surface area (Å²) in [4.78, 5) is 4.04. The summed E-state index contributed by atoms with van der Waals surface area (Å²) in [6.07, 6.45) is 1.20. The van der Waals surface area contributed by atoms with Gasteiger partial charge in [0.15, 0.2) is 5.15 Å². The Hall–Kier alpha value is -0.100. The van der Waals surface area contributed by atoms with Crippen LogP contribution in [0.3, 0.4) is 0 Å². The zero-order chi connectivity index (χ0) is 10.8. The van der Waals surface area contributed by atoms with Crippen molar-refractivity contribution in [2.24, 2.45) is 0 Å². The predicted octanol–water partition coefficient (Wildman–Crippen LogP) is 2.45. The van der Waals surface area contributed by atoms with Gasteiger partial charge in [-0.15, -0.1) is 10.2 Å². The van der Waals surface area contributed by atoms with Crippen LogP contribution < -0.4 is 0 Å². The van der Waals surface area contributed by atoms with Crippen LogP contribution >= 0.6 is 35.0 Å². The van der Waals surface area contributed by atoms with Crippen LogP contribution in [-0.2, 0) is 4.74 Å². The van der Waals surface area contributed by atoms with Gasteiger partial charge in [0.25, 0.3) is 0 Å². The van der Waals surface area contributed by atoms with Crippen molar-refractivity contribution in [2.45, 2.75) is 29.7 Å². The van der Waals surface area contributed by atoms with Crippen molar-refractivity contribution in [3.8, 4) is 0 Å². The Labute approximate surface area is 102 Å². The molecule has 15 heavy (non-hydrogen) atoms. The number of rotatable bonds is 2. The molecule has 0 bridgehead atoms. The second kappa shape index (κ2) is 4.82. The van der Waals surface area contributed by atoms with E-state index in [1.54, 1.807) is 11.8 Å². The molecule has 0 radical (unpaired) electrons. The first-order chi connectivity index (χ1) is 7.16. The normalized spacial score (nSPS) is 25.8. The van der Waals surface area contributed by atoms with Crippen molar-refractivity contribution in [1.29, 1.82) is 0 Å². The molecule has 0 amide bonds. The maximum Gasteiger partial charge on any atom is 0.244 e. The lowest BCUT2D eigenvalue weighted by atomic mass is 10.3. The molecule has 2 heterocycles. The zero-order valence-electron chi connectivity index (χ0n) is 7.98. The van der Waals surface area contributed by atoms with Gasteiger partial charge in [-0.1, -0.05) is 23.4 Å². The minimum atomic E-state index is 0.119. The summed E-state index contributed by atoms with van der Waals surface area (Å²) < 4.78 is 5.45. The van der Waals surface area contributed by atoms with E-state index >= 15 is 0 Å². The van der Waals surface area contributed by atoms with E-state index in [9.17, 15) is 0 Å². The van der Waals surface area contributed by atoms with Gasteiger partial charge >= 0.3 is 0 Å². The minimum Gasteiger partial charge on any atom is -0.377 e. The van der Waals surface area contributed by atoms with Gasteiger partial charge in [-0.05, 0) is 24.9 Å². The fourth-order valence-corrected chi connectivity index (χ4v) is 2.80. The van der Waals surface area contributed by atoms with Crippen LogP contribution in [0.25, 0.3) is 0 Å². The Bertz CT molecular complexity index is 366. The molecule has 4 nitrogen and oxygen atoms in total. The van der Waals surface area contributed by atoms with Gasteiger partial charge in [0.05, 0.1) is 6.10 Å². The lowest BCUT2D eigenvalue weighted by molar-refractivity contribution is 0.127. The topological polar surface area (TPSA) is 47.9 Å². The smallest absolute Gasteiger partial charge is 0.244 e. The number of aromatic nitrogens is 3. The summed E-state index contributed by atoms with van der Waals surface area (Å²) in [6, 6.07) is 0. The molecule has 2 unspecified atom stereocenters. The molecule has 0 aliphatic carbocycles. The van der Waals surface area contributed by atoms with Gasteiger partial charge in [-0.2, -0.15) is 0 Å². The van der Waals surface area contributed by atoms with Crippen LogP contribution in [0.5, 0.6) is 0 Å². The number of halogens is 2. The standard InChI is InChI=1S/C8H9Cl2N3OS/c1-4-5(2-3-14-4)15-7-6(9)12-13-8(10)11-7/h4-5H,2-3H2,1H3. The van der Waals surface area contributed by atoms with Crippen molar-refractivity contribution >= 4 is 35.0 Å². The lowest BCUT2D eigenvalue weighted by Crippen LogP contribution is -2.13. The maximum absolute atomic E-state index is 5.87. The molecule has 0 saturated carbocycles. The number of thioether (sulfide) groups is 1. The summed E-state index contributed by atoms with van der Waals surface area (Å²) in [7, 11) is 0. The van der Waals surface area contributed by atoms with E-state index in [0.29, 0.717) is 15.4 Å². The zero-order valence-corrected chi connectivity index (χ0v) is 10.3. The number of hydrogen-bond donors (Lipinski definition) is 0. The molecule has 1 fully saturated rings. The quantitative estimate of drug-likeness (QED) is 0.822. The largest absolute Gasteiger partial charge is 0.377 e. The van der Waals surface area contributed by atoms with E-state index in [0.717, 1.165) is 13.0 Å². The number of hydrogen-bond acceptors (Lipinski definition) is 5. The third-order valence-electron chi connectivity index (χ3n) is 2.16. The second-order valence-corrected chi connectivity index (χ2v) is 5.12. The highest BCUT2D eigenvalue weighted by atomic mass is 35.5. The fraction of sp³-hybridized carbons (Fsp3) is 0.625. The van der Waals surface area contributed by atoms with Gasteiger partial charge < -0.3 is 4.74 Å². The van der Waals surface area contributed by atoms with Crippen molar-refractivity contribution in [2.75, 3.05) is 6.61 Å². The summed E-state index contributed by atoms with van der Waals surface area (Å²) >= 11 is 13.1. The SMILES string of the molecule is CC1OCCC1Sc1nc(Cl)nnc1Cl. The molecule has 0 N–H and O–H groups in total. The van der Waals surface area contributed by atoms with E-state index in [-0.39, 0.29) is 11.4 Å². The molecule has 1 aliphatic rings. The van der Waals surface area contributed by atoms with Crippen LogP contribution in [0.2, 0.25) is 10.4 Å². The van der Waals surface area contributed by atoms with Gasteiger partial charge in [0.2, 0.25) is 5.28 Å². The minimum absolute atomic E-state index is 0.119. The average molecular weight is 266 g/mol. The first kappa shape index (κ1) is 11.4. The van der Waals surface area contributed by atoms with Crippen molar-refractivity contribution in [3.05, 3.63) is 10.4 Å². The summed E-state index contributed by atoms with van der Waals surface area (Å²) in [5.74, 6) is 0. The van der Waals surface area contributed by atoms with Crippen LogP contribution in [-0.4, -0.2) is 33.1 Å². The first-order valence-electron chi connectivity index (χ1n) is 4.51. The van der Waals surface area contributed by atoms with Crippen LogP contribution in [0.1, 0.15) is 13.3 Å². The Kier molecular flexibility index (Phi) is 3.66. The molecule has 1 saturated heterocycles. The summed E-state index contributed by atoms with van der Waals surface area (Å²) in [5, 5.41) is 8.66. The molecule has 1 aromatic heterocycles. The molecular formula is C8H9Cl2N3OS. The monoisotopic (exact) mass is 265 g/mol. The lowest BCUT2D eigenvalue weighted by Gasteiger charge is -2.12. The highest BCUT2D eigenvalue weighted by Crippen LogP contribution is 2.34. The molecule has 1 aliphatic heterocycles. The van der Waals surface area contributed by atoms with E-state index in [1.165, 1.54) is 0 Å². The third-order valence-corrected chi connectivity index (χ3v) is 4.12. The maximum atomic E-state index is 5.87. The van der Waals surface area contributed by atoms with E-state index in [4.69, 9.17) is 27.9 Å². The van der Waals surface area contributed by atoms with Crippen LogP contribution in [0, 0.1) is 0 Å². The van der Waals surface area contributed by atoms with Gasteiger partial charge in [-0.3, -0.25) is 0 Å².